The number of fused-ring (bicyclic) bond motifs is 1. The lowest BCUT2D eigenvalue weighted by atomic mass is 9.85. The Bertz CT molecular complexity index is 296. The fourth-order valence-electron chi connectivity index (χ4n) is 3.38. The van der Waals surface area contributed by atoms with Gasteiger partial charge in [-0.25, -0.2) is 0 Å². The third-order valence-electron chi connectivity index (χ3n) is 4.59. The van der Waals surface area contributed by atoms with Crippen molar-refractivity contribution in [3.63, 3.8) is 0 Å². The van der Waals surface area contributed by atoms with Gasteiger partial charge in [0.2, 0.25) is 5.91 Å². The lowest BCUT2D eigenvalue weighted by Crippen LogP contribution is -2.49. The van der Waals surface area contributed by atoms with Gasteiger partial charge < -0.3 is 15.7 Å². The second-order valence-electron chi connectivity index (χ2n) is 5.86. The predicted molar refractivity (Wildman–Crippen MR) is 79.3 cm³/mol. The molecular formula is C14H26N2O2S. The molecule has 0 bridgehead atoms. The summed E-state index contributed by atoms with van der Waals surface area (Å²) in [5.41, 5.74) is 0. The highest BCUT2D eigenvalue weighted by Gasteiger charge is 2.38. The number of rotatable bonds is 5. The normalized spacial score (nSPS) is 33.5. The summed E-state index contributed by atoms with van der Waals surface area (Å²) in [5.74, 6) is 0.795. The first kappa shape index (κ1) is 15.1. The average Bonchev–Trinajstić information content (AvgIpc) is 2.84. The number of aliphatic hydroxyl groups is 1. The molecular weight excluding hydrogens is 260 g/mol. The first-order chi connectivity index (χ1) is 9.15. The Morgan fingerprint density at radius 3 is 2.84 bits per heavy atom. The van der Waals surface area contributed by atoms with Gasteiger partial charge in [0.25, 0.3) is 0 Å². The maximum absolute atomic E-state index is 12.3. The van der Waals surface area contributed by atoms with E-state index in [0.29, 0.717) is 12.0 Å². The van der Waals surface area contributed by atoms with Crippen molar-refractivity contribution < 1.29 is 9.90 Å². The Kier molecular flexibility index (Phi) is 5.54. The fraction of sp³-hybridized carbons (Fsp3) is 0.929. The van der Waals surface area contributed by atoms with Crippen LogP contribution >= 0.6 is 11.8 Å². The smallest absolute Gasteiger partial charge is 0.237 e. The van der Waals surface area contributed by atoms with Crippen LogP contribution in [0.15, 0.2) is 0 Å². The molecule has 1 aliphatic carbocycles. The number of carbonyl (C=O) groups excluding carboxylic acids is 1. The summed E-state index contributed by atoms with van der Waals surface area (Å²) < 4.78 is 0. The largest absolute Gasteiger partial charge is 0.395 e. The Labute approximate surface area is 120 Å². The predicted octanol–water partition coefficient (Wildman–Crippen LogP) is 1.14. The first-order valence-corrected chi connectivity index (χ1v) is 8.64. The summed E-state index contributed by atoms with van der Waals surface area (Å²) in [5, 5.41) is 15.9. The molecule has 5 heteroatoms. The summed E-state index contributed by atoms with van der Waals surface area (Å²) in [7, 11) is 0. The fourth-order valence-corrected chi connectivity index (χ4v) is 4.00. The Balaban J connectivity index is 1.83. The van der Waals surface area contributed by atoms with E-state index >= 15 is 0 Å². The summed E-state index contributed by atoms with van der Waals surface area (Å²) >= 11 is 1.60. The van der Waals surface area contributed by atoms with Crippen LogP contribution in [0.5, 0.6) is 0 Å². The molecule has 4 nitrogen and oxygen atoms in total. The zero-order valence-electron chi connectivity index (χ0n) is 11.9. The van der Waals surface area contributed by atoms with Gasteiger partial charge in [0.1, 0.15) is 0 Å². The van der Waals surface area contributed by atoms with Gasteiger partial charge in [0, 0.05) is 17.3 Å². The maximum atomic E-state index is 12.3. The van der Waals surface area contributed by atoms with E-state index in [1.807, 2.05) is 13.2 Å². The monoisotopic (exact) mass is 286 g/mol. The highest BCUT2D eigenvalue weighted by atomic mass is 32.2. The average molecular weight is 286 g/mol. The third kappa shape index (κ3) is 3.64. The van der Waals surface area contributed by atoms with Crippen molar-refractivity contribution in [2.24, 2.45) is 5.92 Å². The SMILES string of the molecule is CSC(CO)C(C)NC(=O)C1CC2CCCCC2N1. The van der Waals surface area contributed by atoms with Crippen molar-refractivity contribution in [1.82, 2.24) is 10.6 Å². The van der Waals surface area contributed by atoms with Crippen LogP contribution in [-0.4, -0.2) is 47.3 Å². The molecule has 0 aromatic carbocycles. The number of hydrogen-bond donors (Lipinski definition) is 3. The van der Waals surface area contributed by atoms with E-state index in [9.17, 15) is 9.90 Å². The van der Waals surface area contributed by atoms with E-state index < -0.39 is 0 Å². The van der Waals surface area contributed by atoms with Crippen LogP contribution in [0, 0.1) is 5.92 Å². The number of carbonyl (C=O) groups is 1. The van der Waals surface area contributed by atoms with Gasteiger partial charge in [-0.05, 0) is 38.4 Å². The molecule has 1 saturated carbocycles. The quantitative estimate of drug-likeness (QED) is 0.709. The minimum Gasteiger partial charge on any atom is -0.395 e. The van der Waals surface area contributed by atoms with E-state index in [1.54, 1.807) is 11.8 Å². The Morgan fingerprint density at radius 2 is 2.21 bits per heavy atom. The molecule has 2 rings (SSSR count). The molecule has 5 unspecified atom stereocenters. The number of thioether (sulfide) groups is 1. The number of hydrogen-bond acceptors (Lipinski definition) is 4. The molecule has 0 radical (unpaired) electrons. The van der Waals surface area contributed by atoms with Gasteiger partial charge in [-0.2, -0.15) is 11.8 Å². The van der Waals surface area contributed by atoms with E-state index in [1.165, 1.54) is 25.7 Å². The minimum absolute atomic E-state index is 0.0110. The van der Waals surface area contributed by atoms with Crippen LogP contribution in [0.2, 0.25) is 0 Å². The summed E-state index contributed by atoms with van der Waals surface area (Å²) in [6.07, 6.45) is 8.03. The van der Waals surface area contributed by atoms with Crippen molar-refractivity contribution >= 4 is 17.7 Å². The van der Waals surface area contributed by atoms with Crippen molar-refractivity contribution in [1.29, 1.82) is 0 Å². The number of aliphatic hydroxyl groups excluding tert-OH is 1. The zero-order chi connectivity index (χ0) is 13.8. The van der Waals surface area contributed by atoms with Crippen molar-refractivity contribution in [2.75, 3.05) is 12.9 Å². The third-order valence-corrected chi connectivity index (χ3v) is 5.75. The lowest BCUT2D eigenvalue weighted by Gasteiger charge is -2.24. The van der Waals surface area contributed by atoms with Crippen molar-refractivity contribution in [3.8, 4) is 0 Å². The molecule has 2 fully saturated rings. The van der Waals surface area contributed by atoms with Crippen molar-refractivity contribution in [3.05, 3.63) is 0 Å². The zero-order valence-corrected chi connectivity index (χ0v) is 12.7. The molecule has 110 valence electrons. The highest BCUT2D eigenvalue weighted by molar-refractivity contribution is 7.99. The lowest BCUT2D eigenvalue weighted by molar-refractivity contribution is -0.123. The molecule has 1 saturated heterocycles. The van der Waals surface area contributed by atoms with Crippen LogP contribution in [0.25, 0.3) is 0 Å². The molecule has 0 spiro atoms. The molecule has 1 aliphatic heterocycles. The molecule has 0 aromatic heterocycles. The van der Waals surface area contributed by atoms with E-state index in [-0.39, 0.29) is 29.8 Å². The van der Waals surface area contributed by atoms with Gasteiger partial charge in [0.05, 0.1) is 12.6 Å². The van der Waals surface area contributed by atoms with Gasteiger partial charge in [-0.15, -0.1) is 0 Å². The number of nitrogens with one attached hydrogen (secondary N) is 2. The summed E-state index contributed by atoms with van der Waals surface area (Å²) in [6.45, 7) is 2.07. The van der Waals surface area contributed by atoms with Crippen molar-refractivity contribution in [2.45, 2.75) is 62.4 Å². The first-order valence-electron chi connectivity index (χ1n) is 7.35. The molecule has 2 aliphatic rings. The topological polar surface area (TPSA) is 61.4 Å². The standard InChI is InChI=1S/C14H26N2O2S/c1-9(13(8-17)19-2)15-14(18)12-7-10-5-3-4-6-11(10)16-12/h9-13,16-17H,3-8H2,1-2H3,(H,15,18). The molecule has 3 N–H and O–H groups in total. The minimum atomic E-state index is -0.0308. The van der Waals surface area contributed by atoms with Crippen LogP contribution in [0.4, 0.5) is 0 Å². The second-order valence-corrected chi connectivity index (χ2v) is 6.94. The van der Waals surface area contributed by atoms with Gasteiger partial charge in [0.15, 0.2) is 0 Å². The highest BCUT2D eigenvalue weighted by Crippen LogP contribution is 2.33. The van der Waals surface area contributed by atoms with E-state index in [2.05, 4.69) is 10.6 Å². The van der Waals surface area contributed by atoms with E-state index in [0.717, 1.165) is 6.42 Å². The molecule has 1 amide bonds. The second kappa shape index (κ2) is 6.95. The molecule has 5 atom stereocenters. The summed E-state index contributed by atoms with van der Waals surface area (Å²) in [6, 6.07) is 0.530. The van der Waals surface area contributed by atoms with Crippen LogP contribution in [0.3, 0.4) is 0 Å². The number of amides is 1. The van der Waals surface area contributed by atoms with Crippen LogP contribution < -0.4 is 10.6 Å². The molecule has 1 heterocycles. The maximum Gasteiger partial charge on any atom is 0.237 e. The van der Waals surface area contributed by atoms with Crippen LogP contribution in [0.1, 0.15) is 39.0 Å². The Hall–Kier alpha value is -0.260. The van der Waals surface area contributed by atoms with Gasteiger partial charge in [-0.3, -0.25) is 4.79 Å². The molecule has 19 heavy (non-hydrogen) atoms. The summed E-state index contributed by atoms with van der Waals surface area (Å²) in [4.78, 5) is 12.3. The Morgan fingerprint density at radius 1 is 1.47 bits per heavy atom. The van der Waals surface area contributed by atoms with E-state index in [4.69, 9.17) is 0 Å². The van der Waals surface area contributed by atoms with Crippen LogP contribution in [-0.2, 0) is 4.79 Å². The molecule has 0 aromatic rings. The van der Waals surface area contributed by atoms with Gasteiger partial charge >= 0.3 is 0 Å². The van der Waals surface area contributed by atoms with Gasteiger partial charge in [-0.1, -0.05) is 12.8 Å².